The van der Waals surface area contributed by atoms with Crippen molar-refractivity contribution in [1.29, 1.82) is 0 Å². The van der Waals surface area contributed by atoms with Crippen LogP contribution in [0.1, 0.15) is 84.0 Å². The summed E-state index contributed by atoms with van der Waals surface area (Å²) in [5.74, 6) is 0. The minimum absolute atomic E-state index is 0.0942. The van der Waals surface area contributed by atoms with Crippen molar-refractivity contribution in [3.8, 4) is 0 Å². The molecule has 0 rings (SSSR count). The van der Waals surface area contributed by atoms with E-state index in [-0.39, 0.29) is 19.8 Å². The highest BCUT2D eigenvalue weighted by Gasteiger charge is 2.24. The Balaban J connectivity index is 3.44. The molecule has 0 amide bonds. The number of unbranched alkanes of at least 4 members (excludes halogenated alkanes) is 11. The summed E-state index contributed by atoms with van der Waals surface area (Å²) < 4.78 is 27.5. The molecule has 182 valence electrons. The third-order valence-electron chi connectivity index (χ3n) is 4.90. The topological polar surface area (TPSA) is 85.2 Å². The van der Waals surface area contributed by atoms with Gasteiger partial charge in [0, 0.05) is 6.61 Å². The van der Waals surface area contributed by atoms with E-state index >= 15 is 0 Å². The SMILES string of the molecule is CCCCCCCCCCCCCCOC[C@H](O)COP(=O)(O)OCC[N+](C)(C)C. The predicted octanol–water partition coefficient (Wildman–Crippen LogP) is 4.90. The van der Waals surface area contributed by atoms with Gasteiger partial charge in [-0.15, -0.1) is 0 Å². The smallest absolute Gasteiger partial charge is 0.388 e. The molecule has 0 aliphatic heterocycles. The highest BCUT2D eigenvalue weighted by atomic mass is 31.2. The Kier molecular flexibility index (Phi) is 18.5. The third-order valence-corrected chi connectivity index (χ3v) is 5.88. The number of rotatable bonds is 22. The van der Waals surface area contributed by atoms with Crippen molar-refractivity contribution in [1.82, 2.24) is 0 Å². The first-order valence-corrected chi connectivity index (χ1v) is 13.3. The summed E-state index contributed by atoms with van der Waals surface area (Å²) in [7, 11) is 1.76. The number of ether oxygens (including phenoxy) is 1. The van der Waals surface area contributed by atoms with Gasteiger partial charge in [-0.2, -0.15) is 0 Å². The maximum Gasteiger partial charge on any atom is 0.472 e. The molecular weight excluding hydrogens is 405 g/mol. The van der Waals surface area contributed by atoms with Gasteiger partial charge in [-0.3, -0.25) is 9.05 Å². The van der Waals surface area contributed by atoms with Gasteiger partial charge in [0.2, 0.25) is 0 Å². The normalized spacial score (nSPS) is 15.3. The van der Waals surface area contributed by atoms with Gasteiger partial charge in [0.05, 0.1) is 34.4 Å². The lowest BCUT2D eigenvalue weighted by Gasteiger charge is -2.24. The average molecular weight is 455 g/mol. The van der Waals surface area contributed by atoms with Crippen LogP contribution in [0, 0.1) is 0 Å². The molecule has 8 heteroatoms. The molecule has 0 aromatic carbocycles. The zero-order valence-electron chi connectivity index (χ0n) is 20.0. The number of aliphatic hydroxyl groups is 1. The molecule has 2 atom stereocenters. The van der Waals surface area contributed by atoms with Gasteiger partial charge < -0.3 is 19.2 Å². The Morgan fingerprint density at radius 1 is 0.767 bits per heavy atom. The van der Waals surface area contributed by atoms with Gasteiger partial charge in [0.15, 0.2) is 0 Å². The molecule has 0 aromatic heterocycles. The number of phosphoric acid groups is 1. The van der Waals surface area contributed by atoms with Crippen molar-refractivity contribution in [2.45, 2.75) is 90.1 Å². The van der Waals surface area contributed by atoms with Gasteiger partial charge in [-0.25, -0.2) is 4.57 Å². The van der Waals surface area contributed by atoms with Crippen LogP contribution in [0.2, 0.25) is 0 Å². The number of hydrogen-bond donors (Lipinski definition) is 2. The molecule has 0 spiro atoms. The van der Waals surface area contributed by atoms with Gasteiger partial charge in [0.25, 0.3) is 0 Å². The molecule has 0 aliphatic carbocycles. The first-order chi connectivity index (χ1) is 14.2. The summed E-state index contributed by atoms with van der Waals surface area (Å²) in [4.78, 5) is 9.61. The second-order valence-electron chi connectivity index (χ2n) is 9.23. The summed E-state index contributed by atoms with van der Waals surface area (Å²) in [5, 5.41) is 9.82. The molecule has 0 radical (unpaired) electrons. The van der Waals surface area contributed by atoms with Gasteiger partial charge in [-0.1, -0.05) is 77.6 Å². The van der Waals surface area contributed by atoms with Crippen LogP contribution in [0.4, 0.5) is 0 Å². The van der Waals surface area contributed by atoms with E-state index in [4.69, 9.17) is 13.8 Å². The minimum Gasteiger partial charge on any atom is -0.388 e. The number of hydrogen-bond acceptors (Lipinski definition) is 5. The van der Waals surface area contributed by atoms with Gasteiger partial charge >= 0.3 is 7.82 Å². The van der Waals surface area contributed by atoms with E-state index in [1.807, 2.05) is 21.1 Å². The van der Waals surface area contributed by atoms with E-state index in [1.165, 1.54) is 64.2 Å². The summed E-state index contributed by atoms with van der Waals surface area (Å²) in [6, 6.07) is 0. The van der Waals surface area contributed by atoms with E-state index < -0.39 is 13.9 Å². The maximum absolute atomic E-state index is 11.8. The largest absolute Gasteiger partial charge is 0.472 e. The summed E-state index contributed by atoms with van der Waals surface area (Å²) >= 11 is 0. The Labute approximate surface area is 185 Å². The van der Waals surface area contributed by atoms with E-state index in [2.05, 4.69) is 6.92 Å². The fourth-order valence-electron chi connectivity index (χ4n) is 2.96. The molecule has 2 N–H and O–H groups in total. The molecule has 0 aromatic rings. The number of phosphoric ester groups is 1. The van der Waals surface area contributed by atoms with Crippen LogP contribution in [0.3, 0.4) is 0 Å². The first-order valence-electron chi connectivity index (χ1n) is 11.8. The average Bonchev–Trinajstić information content (AvgIpc) is 2.65. The quantitative estimate of drug-likeness (QED) is 0.137. The summed E-state index contributed by atoms with van der Waals surface area (Å²) in [6.07, 6.45) is 14.6. The van der Waals surface area contributed by atoms with E-state index in [0.29, 0.717) is 17.6 Å². The minimum atomic E-state index is -4.13. The number of nitrogens with zero attached hydrogens (tertiary/aromatic N) is 1. The molecule has 7 nitrogen and oxygen atoms in total. The van der Waals surface area contributed by atoms with Crippen LogP contribution in [0.15, 0.2) is 0 Å². The van der Waals surface area contributed by atoms with Crippen molar-refractivity contribution in [2.24, 2.45) is 0 Å². The van der Waals surface area contributed by atoms with E-state index in [0.717, 1.165) is 12.8 Å². The van der Waals surface area contributed by atoms with Crippen LogP contribution in [-0.2, 0) is 18.3 Å². The first kappa shape index (κ1) is 30.0. The Morgan fingerprint density at radius 2 is 1.27 bits per heavy atom. The molecule has 1 unspecified atom stereocenters. The molecule has 0 aliphatic rings. The lowest BCUT2D eigenvalue weighted by molar-refractivity contribution is -0.870. The summed E-state index contributed by atoms with van der Waals surface area (Å²) in [5.41, 5.74) is 0. The molecule has 0 saturated carbocycles. The highest BCUT2D eigenvalue weighted by molar-refractivity contribution is 7.47. The number of aliphatic hydroxyl groups excluding tert-OH is 1. The second kappa shape index (κ2) is 18.6. The second-order valence-corrected chi connectivity index (χ2v) is 10.7. The number of likely N-dealkylation sites (N-methyl/N-ethyl adjacent to an activating group) is 1. The lowest BCUT2D eigenvalue weighted by atomic mass is 10.1. The van der Waals surface area contributed by atoms with Crippen LogP contribution in [0.5, 0.6) is 0 Å². The highest BCUT2D eigenvalue weighted by Crippen LogP contribution is 2.43. The molecule has 0 saturated heterocycles. The van der Waals surface area contributed by atoms with Crippen LogP contribution in [-0.4, -0.2) is 74.7 Å². The predicted molar refractivity (Wildman–Crippen MR) is 123 cm³/mol. The van der Waals surface area contributed by atoms with Crippen LogP contribution >= 0.6 is 7.82 Å². The fourth-order valence-corrected chi connectivity index (χ4v) is 3.71. The van der Waals surface area contributed by atoms with Gasteiger partial charge in [-0.05, 0) is 6.42 Å². The summed E-state index contributed by atoms with van der Waals surface area (Å²) in [6.45, 7) is 3.35. The van der Waals surface area contributed by atoms with Crippen LogP contribution in [0.25, 0.3) is 0 Å². The van der Waals surface area contributed by atoms with Crippen molar-refractivity contribution in [2.75, 3.05) is 54.1 Å². The number of quaternary nitrogens is 1. The maximum atomic E-state index is 11.8. The zero-order valence-corrected chi connectivity index (χ0v) is 20.9. The van der Waals surface area contributed by atoms with Crippen molar-refractivity contribution in [3.05, 3.63) is 0 Å². The Morgan fingerprint density at radius 3 is 1.77 bits per heavy atom. The van der Waals surface area contributed by atoms with E-state index in [1.54, 1.807) is 0 Å². The van der Waals surface area contributed by atoms with E-state index in [9.17, 15) is 14.6 Å². The standard InChI is InChI=1S/C22H48NO6P/c1-5-6-7-8-9-10-11-12-13-14-15-16-18-27-20-22(24)21-29-30(25,26)28-19-17-23(2,3)4/h22,24H,5-21H2,1-4H3/p+1/t22-/m0/s1. The molecule has 0 fully saturated rings. The lowest BCUT2D eigenvalue weighted by Crippen LogP contribution is -2.37. The monoisotopic (exact) mass is 454 g/mol. The Hall–Kier alpha value is -0.0100. The molecule has 0 heterocycles. The molecular formula is C22H49NO6P+. The molecule has 30 heavy (non-hydrogen) atoms. The van der Waals surface area contributed by atoms with Crippen molar-refractivity contribution >= 4 is 7.82 Å². The van der Waals surface area contributed by atoms with Crippen molar-refractivity contribution in [3.63, 3.8) is 0 Å². The zero-order chi connectivity index (χ0) is 22.7. The third kappa shape index (κ3) is 22.7. The van der Waals surface area contributed by atoms with Crippen LogP contribution < -0.4 is 0 Å². The molecule has 0 bridgehead atoms. The van der Waals surface area contributed by atoms with Gasteiger partial charge in [0.1, 0.15) is 19.3 Å². The Bertz CT molecular complexity index is 430. The fraction of sp³-hybridized carbons (Fsp3) is 1.00. The van der Waals surface area contributed by atoms with Crippen molar-refractivity contribution < 1.29 is 32.8 Å².